The molecule has 4 rings (SSSR count). The Morgan fingerprint density at radius 1 is 0.920 bits per heavy atom. The van der Waals surface area contributed by atoms with E-state index in [-0.39, 0.29) is 5.89 Å². The summed E-state index contributed by atoms with van der Waals surface area (Å²) >= 11 is 0. The molecule has 0 fully saturated rings. The molecule has 0 aliphatic carbocycles. The van der Waals surface area contributed by atoms with Crippen LogP contribution in [0.1, 0.15) is 22.1 Å². The van der Waals surface area contributed by atoms with Crippen LogP contribution >= 0.6 is 0 Å². The van der Waals surface area contributed by atoms with Crippen molar-refractivity contribution in [2.75, 3.05) is 5.32 Å². The van der Waals surface area contributed by atoms with E-state index in [0.29, 0.717) is 17.9 Å². The van der Waals surface area contributed by atoms with E-state index >= 15 is 0 Å². The van der Waals surface area contributed by atoms with Gasteiger partial charge in [-0.2, -0.15) is 4.98 Å². The van der Waals surface area contributed by atoms with Crippen LogP contribution in [-0.4, -0.2) is 16.0 Å². The fourth-order valence-electron chi connectivity index (χ4n) is 2.74. The Morgan fingerprint density at radius 3 is 2.56 bits per heavy atom. The van der Waals surface area contributed by atoms with Crippen molar-refractivity contribution in [1.29, 1.82) is 0 Å². The Bertz CT molecular complexity index is 1020. The molecule has 0 spiro atoms. The smallest absolute Gasteiger partial charge is 0.316 e. The first-order valence-corrected chi connectivity index (χ1v) is 7.95. The normalized spacial score (nSPS) is 10.7. The molecule has 1 N–H and O–H groups in total. The lowest BCUT2D eigenvalue weighted by atomic mass is 10.0. The maximum absolute atomic E-state index is 12.2. The number of hydrogen-bond donors (Lipinski definition) is 1. The summed E-state index contributed by atoms with van der Waals surface area (Å²) in [5.41, 5.74) is 1.77. The third-order valence-electron chi connectivity index (χ3n) is 3.92. The molecule has 5 nitrogen and oxygen atoms in total. The number of para-hydroxylation sites is 1. The summed E-state index contributed by atoms with van der Waals surface area (Å²) < 4.78 is 5.11. The summed E-state index contributed by atoms with van der Waals surface area (Å²) in [7, 11) is 0. The second-order valence-electron chi connectivity index (χ2n) is 5.65. The maximum atomic E-state index is 12.2. The van der Waals surface area contributed by atoms with Gasteiger partial charge in [-0.05, 0) is 28.5 Å². The number of nitrogens with zero attached hydrogens (tertiary/aromatic N) is 2. The summed E-state index contributed by atoms with van der Waals surface area (Å²) in [6, 6.07) is 23.4. The van der Waals surface area contributed by atoms with Gasteiger partial charge >= 0.3 is 11.8 Å². The van der Waals surface area contributed by atoms with Gasteiger partial charge in [0, 0.05) is 12.1 Å². The monoisotopic (exact) mass is 329 g/mol. The topological polar surface area (TPSA) is 68.0 Å². The summed E-state index contributed by atoms with van der Waals surface area (Å²) in [5.74, 6) is 0.0246. The van der Waals surface area contributed by atoms with Gasteiger partial charge in [-0.25, -0.2) is 0 Å². The molecule has 3 aromatic carbocycles. The Hall–Kier alpha value is -3.47. The fraction of sp³-hybridized carbons (Fsp3) is 0.0500. The van der Waals surface area contributed by atoms with Gasteiger partial charge in [-0.15, -0.1) is 0 Å². The highest BCUT2D eigenvalue weighted by molar-refractivity contribution is 6.00. The molecule has 25 heavy (non-hydrogen) atoms. The van der Waals surface area contributed by atoms with Gasteiger partial charge < -0.3 is 9.84 Å². The van der Waals surface area contributed by atoms with E-state index in [1.165, 1.54) is 0 Å². The van der Waals surface area contributed by atoms with E-state index in [2.05, 4.69) is 33.7 Å². The van der Waals surface area contributed by atoms with Crippen LogP contribution in [0.3, 0.4) is 0 Å². The lowest BCUT2D eigenvalue weighted by molar-refractivity contribution is 0.0981. The van der Waals surface area contributed by atoms with Crippen LogP contribution in [0.5, 0.6) is 0 Å². The van der Waals surface area contributed by atoms with Gasteiger partial charge in [0.15, 0.2) is 5.82 Å². The summed E-state index contributed by atoms with van der Waals surface area (Å²) in [4.78, 5) is 16.4. The van der Waals surface area contributed by atoms with Gasteiger partial charge in [0.2, 0.25) is 0 Å². The molecule has 1 heterocycles. The van der Waals surface area contributed by atoms with Crippen LogP contribution < -0.4 is 5.32 Å². The van der Waals surface area contributed by atoms with E-state index < -0.39 is 5.91 Å². The molecule has 0 saturated carbocycles. The highest BCUT2D eigenvalue weighted by Crippen LogP contribution is 2.20. The van der Waals surface area contributed by atoms with E-state index in [1.54, 1.807) is 12.1 Å². The number of carbonyl (C=O) groups is 1. The molecule has 0 aliphatic heterocycles. The summed E-state index contributed by atoms with van der Waals surface area (Å²) in [5, 5.41) is 8.97. The number of amides is 1. The number of nitrogens with one attached hydrogen (secondary N) is 1. The third kappa shape index (κ3) is 3.26. The van der Waals surface area contributed by atoms with Crippen LogP contribution in [0, 0.1) is 0 Å². The minimum atomic E-state index is -0.414. The van der Waals surface area contributed by atoms with E-state index in [9.17, 15) is 4.79 Å². The highest BCUT2D eigenvalue weighted by atomic mass is 16.5. The Labute approximate surface area is 144 Å². The lowest BCUT2D eigenvalue weighted by Crippen LogP contribution is -2.12. The Morgan fingerprint density at radius 2 is 1.68 bits per heavy atom. The fourth-order valence-corrected chi connectivity index (χ4v) is 2.74. The van der Waals surface area contributed by atoms with Gasteiger partial charge in [0.25, 0.3) is 0 Å². The molecular weight excluding hydrogens is 314 g/mol. The predicted octanol–water partition coefficient (Wildman–Crippen LogP) is 4.07. The molecule has 0 aliphatic rings. The average molecular weight is 329 g/mol. The number of anilines is 1. The van der Waals surface area contributed by atoms with Crippen LogP contribution in [-0.2, 0) is 6.42 Å². The standard InChI is InChI=1S/C20H15N3O2/c24-19(21-16-10-2-1-3-11-16)20-22-18(23-25-20)13-15-9-6-8-14-7-4-5-12-17(14)15/h1-12H,13H2,(H,21,24). The van der Waals surface area contributed by atoms with Crippen LogP contribution in [0.4, 0.5) is 5.69 Å². The zero-order chi connectivity index (χ0) is 17.1. The minimum absolute atomic E-state index is 0.0425. The zero-order valence-electron chi connectivity index (χ0n) is 13.3. The molecule has 4 aromatic rings. The molecule has 122 valence electrons. The van der Waals surface area contributed by atoms with Crippen molar-refractivity contribution < 1.29 is 9.32 Å². The predicted molar refractivity (Wildman–Crippen MR) is 95.4 cm³/mol. The molecule has 5 heteroatoms. The van der Waals surface area contributed by atoms with Gasteiger partial charge in [0.1, 0.15) is 0 Å². The highest BCUT2D eigenvalue weighted by Gasteiger charge is 2.16. The number of carbonyl (C=O) groups excluding carboxylic acids is 1. The molecule has 0 bridgehead atoms. The van der Waals surface area contributed by atoms with Crippen LogP contribution in [0.25, 0.3) is 10.8 Å². The molecule has 0 unspecified atom stereocenters. The maximum Gasteiger partial charge on any atom is 0.316 e. The first kappa shape index (κ1) is 15.1. The van der Waals surface area contributed by atoms with E-state index in [1.807, 2.05) is 42.5 Å². The van der Waals surface area contributed by atoms with Crippen molar-refractivity contribution in [3.05, 3.63) is 90.1 Å². The summed E-state index contributed by atoms with van der Waals surface area (Å²) in [6.45, 7) is 0. The summed E-state index contributed by atoms with van der Waals surface area (Å²) in [6.07, 6.45) is 0.503. The van der Waals surface area contributed by atoms with Crippen LogP contribution in [0.2, 0.25) is 0 Å². The van der Waals surface area contributed by atoms with Crippen molar-refractivity contribution >= 4 is 22.4 Å². The molecular formula is C20H15N3O2. The number of fused-ring (bicyclic) bond motifs is 1. The Kier molecular flexibility index (Phi) is 3.96. The quantitative estimate of drug-likeness (QED) is 0.613. The van der Waals surface area contributed by atoms with Crippen molar-refractivity contribution in [2.45, 2.75) is 6.42 Å². The van der Waals surface area contributed by atoms with Gasteiger partial charge in [-0.1, -0.05) is 65.8 Å². The zero-order valence-corrected chi connectivity index (χ0v) is 13.3. The number of hydrogen-bond acceptors (Lipinski definition) is 4. The number of rotatable bonds is 4. The molecule has 1 aromatic heterocycles. The van der Waals surface area contributed by atoms with Gasteiger partial charge in [-0.3, -0.25) is 4.79 Å². The molecule has 0 radical (unpaired) electrons. The SMILES string of the molecule is O=C(Nc1ccccc1)c1nc(Cc2cccc3ccccc23)no1. The first-order valence-electron chi connectivity index (χ1n) is 7.95. The lowest BCUT2D eigenvalue weighted by Gasteiger charge is -2.03. The molecule has 0 saturated heterocycles. The minimum Gasteiger partial charge on any atom is -0.329 e. The first-order chi connectivity index (χ1) is 12.3. The largest absolute Gasteiger partial charge is 0.329 e. The third-order valence-corrected chi connectivity index (χ3v) is 3.92. The average Bonchev–Trinajstić information content (AvgIpc) is 3.12. The molecule has 0 atom stereocenters. The van der Waals surface area contributed by atoms with Gasteiger partial charge in [0.05, 0.1) is 0 Å². The second kappa shape index (κ2) is 6.57. The van der Waals surface area contributed by atoms with Crippen molar-refractivity contribution in [3.8, 4) is 0 Å². The number of aromatic nitrogens is 2. The number of benzene rings is 3. The second-order valence-corrected chi connectivity index (χ2v) is 5.65. The van der Waals surface area contributed by atoms with Crippen LogP contribution in [0.15, 0.2) is 77.3 Å². The van der Waals surface area contributed by atoms with E-state index in [0.717, 1.165) is 16.3 Å². The van der Waals surface area contributed by atoms with Crippen molar-refractivity contribution in [3.63, 3.8) is 0 Å². The molecule has 1 amide bonds. The van der Waals surface area contributed by atoms with Crippen molar-refractivity contribution in [2.24, 2.45) is 0 Å². The van der Waals surface area contributed by atoms with E-state index in [4.69, 9.17) is 4.52 Å². The van der Waals surface area contributed by atoms with Crippen molar-refractivity contribution in [1.82, 2.24) is 10.1 Å². The Balaban J connectivity index is 1.54.